The Kier molecular flexibility index (Phi) is 10.4. The molecular weight excluding hydrogens is 504 g/mol. The van der Waals surface area contributed by atoms with Crippen molar-refractivity contribution in [3.05, 3.63) is 61.8 Å². The molecule has 2 aromatic rings. The van der Waals surface area contributed by atoms with Crippen molar-refractivity contribution >= 4 is 46.1 Å². The molecule has 0 spiro atoms. The third kappa shape index (κ3) is 6.82. The lowest BCUT2D eigenvalue weighted by Gasteiger charge is -2.18. The Morgan fingerprint density at radius 1 is 1.14 bits per heavy atom. The summed E-state index contributed by atoms with van der Waals surface area (Å²) in [7, 11) is 3.24. The molecular formula is C28H34N4O3S2. The number of pyridine rings is 1. The molecule has 37 heavy (non-hydrogen) atoms. The SMILES string of the molecule is CCCCCCCCN1C(=O)/C(=C\c2c(C)c(C#N)c(=O)n(C)c2NCc2ccc(OC)cc2)SC1=S. The number of thioether (sulfide) groups is 1. The van der Waals surface area contributed by atoms with Gasteiger partial charge in [0.25, 0.3) is 11.5 Å². The molecule has 0 bridgehead atoms. The third-order valence-corrected chi connectivity index (χ3v) is 7.88. The molecule has 0 aliphatic carbocycles. The maximum Gasteiger partial charge on any atom is 0.270 e. The first-order valence-electron chi connectivity index (χ1n) is 12.6. The molecule has 1 aromatic carbocycles. The van der Waals surface area contributed by atoms with E-state index in [2.05, 4.69) is 12.2 Å². The zero-order valence-electron chi connectivity index (χ0n) is 21.9. The highest BCUT2D eigenvalue weighted by Crippen LogP contribution is 2.35. The van der Waals surface area contributed by atoms with Gasteiger partial charge < -0.3 is 10.1 Å². The number of ether oxygens (including phenoxy) is 1. The molecule has 1 saturated heterocycles. The number of benzene rings is 1. The van der Waals surface area contributed by atoms with Crippen LogP contribution in [-0.2, 0) is 18.4 Å². The van der Waals surface area contributed by atoms with Crippen LogP contribution in [0.2, 0.25) is 0 Å². The number of hydrogen-bond donors (Lipinski definition) is 1. The van der Waals surface area contributed by atoms with Gasteiger partial charge in [0.05, 0.1) is 12.0 Å². The van der Waals surface area contributed by atoms with E-state index in [0.717, 1.165) is 30.6 Å². The molecule has 0 atom stereocenters. The lowest BCUT2D eigenvalue weighted by atomic mass is 10.0. The number of hydrogen-bond acceptors (Lipinski definition) is 7. The monoisotopic (exact) mass is 538 g/mol. The number of nitrogens with zero attached hydrogens (tertiary/aromatic N) is 3. The highest BCUT2D eigenvalue weighted by Gasteiger charge is 2.32. The molecule has 1 aromatic heterocycles. The molecule has 1 N–H and O–H groups in total. The van der Waals surface area contributed by atoms with Crippen molar-refractivity contribution in [2.24, 2.45) is 7.05 Å². The van der Waals surface area contributed by atoms with Gasteiger partial charge in [0, 0.05) is 25.7 Å². The van der Waals surface area contributed by atoms with Crippen LogP contribution >= 0.6 is 24.0 Å². The fourth-order valence-corrected chi connectivity index (χ4v) is 5.54. The van der Waals surface area contributed by atoms with Gasteiger partial charge in [0.15, 0.2) is 0 Å². The van der Waals surface area contributed by atoms with Crippen LogP contribution in [0.3, 0.4) is 0 Å². The summed E-state index contributed by atoms with van der Waals surface area (Å²) in [5.74, 6) is 1.17. The van der Waals surface area contributed by atoms with E-state index < -0.39 is 0 Å². The van der Waals surface area contributed by atoms with E-state index in [1.807, 2.05) is 30.3 Å². The van der Waals surface area contributed by atoms with Gasteiger partial charge in [-0.05, 0) is 42.7 Å². The third-order valence-electron chi connectivity index (χ3n) is 6.50. The minimum atomic E-state index is -0.384. The van der Waals surface area contributed by atoms with E-state index in [1.54, 1.807) is 32.1 Å². The molecule has 1 amide bonds. The number of carbonyl (C=O) groups excluding carboxylic acids is 1. The number of anilines is 1. The summed E-state index contributed by atoms with van der Waals surface area (Å²) in [5, 5.41) is 13.0. The molecule has 1 aliphatic heterocycles. The lowest BCUT2D eigenvalue weighted by molar-refractivity contribution is -0.122. The minimum Gasteiger partial charge on any atom is -0.497 e. The van der Waals surface area contributed by atoms with Crippen LogP contribution < -0.4 is 15.6 Å². The molecule has 9 heteroatoms. The van der Waals surface area contributed by atoms with Crippen molar-refractivity contribution in [2.45, 2.75) is 58.9 Å². The Labute approximate surface area is 228 Å². The molecule has 1 fully saturated rings. The van der Waals surface area contributed by atoms with Gasteiger partial charge in [0.1, 0.15) is 27.5 Å². The number of nitrogens with one attached hydrogen (secondary N) is 1. The second kappa shape index (κ2) is 13.5. The van der Waals surface area contributed by atoms with E-state index in [1.165, 1.54) is 35.6 Å². The zero-order valence-corrected chi connectivity index (χ0v) is 23.6. The highest BCUT2D eigenvalue weighted by molar-refractivity contribution is 8.26. The molecule has 1 aliphatic rings. The number of thiocarbonyl (C=S) groups is 1. The maximum absolute atomic E-state index is 13.2. The van der Waals surface area contributed by atoms with Crippen LogP contribution in [0.4, 0.5) is 5.82 Å². The standard InChI is InChI=1S/C28H34N4O3S2/c1-5-6-7-8-9-10-15-32-27(34)24(37-28(32)36)16-22-19(2)23(17-29)26(33)31(3)25(22)30-18-20-11-13-21(35-4)14-12-20/h11-14,16,30H,5-10,15,18H2,1-4H3/b24-16+. The minimum absolute atomic E-state index is 0.0614. The van der Waals surface area contributed by atoms with Gasteiger partial charge in [-0.3, -0.25) is 19.1 Å². The first kappa shape index (κ1) is 28.5. The Balaban J connectivity index is 1.87. The topological polar surface area (TPSA) is 87.4 Å². The van der Waals surface area contributed by atoms with Gasteiger partial charge in [-0.15, -0.1) is 0 Å². The van der Waals surface area contributed by atoms with E-state index >= 15 is 0 Å². The summed E-state index contributed by atoms with van der Waals surface area (Å²) < 4.78 is 7.19. The first-order chi connectivity index (χ1) is 17.8. The molecule has 3 rings (SSSR count). The average Bonchev–Trinajstić information content (AvgIpc) is 3.16. The number of amides is 1. The summed E-state index contributed by atoms with van der Waals surface area (Å²) >= 11 is 6.79. The first-order valence-corrected chi connectivity index (χ1v) is 13.8. The zero-order chi connectivity index (χ0) is 26.9. The van der Waals surface area contributed by atoms with Crippen molar-refractivity contribution < 1.29 is 9.53 Å². The Morgan fingerprint density at radius 3 is 2.46 bits per heavy atom. The van der Waals surface area contributed by atoms with Crippen LogP contribution in [0, 0.1) is 18.3 Å². The summed E-state index contributed by atoms with van der Waals surface area (Å²) in [6.45, 7) is 4.98. The normalized spacial score (nSPS) is 14.4. The van der Waals surface area contributed by atoms with Gasteiger partial charge in [0.2, 0.25) is 0 Å². The number of unbranched alkanes of at least 4 members (excludes halogenated alkanes) is 5. The van der Waals surface area contributed by atoms with Crippen molar-refractivity contribution in [2.75, 3.05) is 19.0 Å². The Bertz CT molecular complexity index is 1280. The predicted molar refractivity (Wildman–Crippen MR) is 155 cm³/mol. The molecule has 196 valence electrons. The van der Waals surface area contributed by atoms with E-state index in [-0.39, 0.29) is 17.0 Å². The van der Waals surface area contributed by atoms with Crippen molar-refractivity contribution in [1.29, 1.82) is 5.26 Å². The summed E-state index contributed by atoms with van der Waals surface area (Å²) in [6, 6.07) is 9.65. The van der Waals surface area contributed by atoms with E-state index in [0.29, 0.717) is 39.3 Å². The van der Waals surface area contributed by atoms with Crippen LogP contribution in [0.1, 0.15) is 67.7 Å². The van der Waals surface area contributed by atoms with Gasteiger partial charge in [-0.25, -0.2) is 0 Å². The second-order valence-electron chi connectivity index (χ2n) is 9.04. The maximum atomic E-state index is 13.2. The number of aromatic nitrogens is 1. The fourth-order valence-electron chi connectivity index (χ4n) is 4.25. The predicted octanol–water partition coefficient (Wildman–Crippen LogP) is 5.75. The number of nitriles is 1. The lowest BCUT2D eigenvalue weighted by Crippen LogP contribution is -2.29. The number of methoxy groups -OCH3 is 1. The van der Waals surface area contributed by atoms with Gasteiger partial charge >= 0.3 is 0 Å². The van der Waals surface area contributed by atoms with Crippen molar-refractivity contribution in [1.82, 2.24) is 9.47 Å². The number of rotatable bonds is 12. The van der Waals surface area contributed by atoms with Crippen molar-refractivity contribution in [3.63, 3.8) is 0 Å². The molecule has 0 saturated carbocycles. The molecule has 2 heterocycles. The smallest absolute Gasteiger partial charge is 0.270 e. The fraction of sp³-hybridized carbons (Fsp3) is 0.429. The summed E-state index contributed by atoms with van der Waals surface area (Å²) in [6.07, 6.45) is 8.56. The van der Waals surface area contributed by atoms with Gasteiger partial charge in [-0.2, -0.15) is 5.26 Å². The molecule has 7 nitrogen and oxygen atoms in total. The van der Waals surface area contributed by atoms with Crippen LogP contribution in [0.15, 0.2) is 34.0 Å². The van der Waals surface area contributed by atoms with Gasteiger partial charge in [-0.1, -0.05) is 75.1 Å². The second-order valence-corrected chi connectivity index (χ2v) is 10.7. The number of carbonyl (C=O) groups is 1. The van der Waals surface area contributed by atoms with E-state index in [4.69, 9.17) is 17.0 Å². The molecule has 0 radical (unpaired) electrons. The Morgan fingerprint density at radius 2 is 1.81 bits per heavy atom. The quantitative estimate of drug-likeness (QED) is 0.209. The summed E-state index contributed by atoms with van der Waals surface area (Å²) in [4.78, 5) is 28.3. The largest absolute Gasteiger partial charge is 0.497 e. The Hall–Kier alpha value is -3.09. The van der Waals surface area contributed by atoms with Crippen LogP contribution in [-0.4, -0.2) is 33.3 Å². The van der Waals surface area contributed by atoms with E-state index in [9.17, 15) is 14.9 Å². The van der Waals surface area contributed by atoms with Crippen molar-refractivity contribution in [3.8, 4) is 11.8 Å². The highest BCUT2D eigenvalue weighted by atomic mass is 32.2. The van der Waals surface area contributed by atoms with Crippen LogP contribution in [0.5, 0.6) is 5.75 Å². The van der Waals surface area contributed by atoms with Crippen LogP contribution in [0.25, 0.3) is 6.08 Å². The average molecular weight is 539 g/mol. The summed E-state index contributed by atoms with van der Waals surface area (Å²) in [5.41, 5.74) is 1.83. The molecule has 0 unspecified atom stereocenters.